The van der Waals surface area contributed by atoms with Crippen LogP contribution in [-0.2, 0) is 0 Å². The third-order valence-electron chi connectivity index (χ3n) is 3.81. The molecule has 0 aliphatic heterocycles. The molecule has 1 amide bonds. The van der Waals surface area contributed by atoms with E-state index in [2.05, 4.69) is 5.32 Å². The van der Waals surface area contributed by atoms with Gasteiger partial charge in [0, 0.05) is 30.2 Å². The number of carbonyl (C=O) groups is 1. The standard InChI is InChI=1S/C14H18N2O4/c1-9-7-11(16(19)20)5-6-12(9)14(18)15-8-10-3-2-4-13(10)17/h5-7,10,13,17H,2-4,8H2,1H3,(H,15,18). The van der Waals surface area contributed by atoms with Crippen LogP contribution >= 0.6 is 0 Å². The minimum absolute atomic E-state index is 0.0229. The lowest BCUT2D eigenvalue weighted by Gasteiger charge is -2.15. The largest absolute Gasteiger partial charge is 0.393 e. The summed E-state index contributed by atoms with van der Waals surface area (Å²) >= 11 is 0. The molecule has 0 heterocycles. The van der Waals surface area contributed by atoms with E-state index < -0.39 is 4.92 Å². The maximum atomic E-state index is 12.0. The molecule has 108 valence electrons. The van der Waals surface area contributed by atoms with Crippen LogP contribution in [0.4, 0.5) is 5.69 Å². The summed E-state index contributed by atoms with van der Waals surface area (Å²) in [5, 5.41) is 23.1. The third-order valence-corrected chi connectivity index (χ3v) is 3.81. The van der Waals surface area contributed by atoms with Crippen LogP contribution in [0.25, 0.3) is 0 Å². The zero-order chi connectivity index (χ0) is 14.7. The van der Waals surface area contributed by atoms with Gasteiger partial charge in [-0.1, -0.05) is 6.42 Å². The summed E-state index contributed by atoms with van der Waals surface area (Å²) < 4.78 is 0. The Bertz CT molecular complexity index is 530. The summed E-state index contributed by atoms with van der Waals surface area (Å²) in [5.41, 5.74) is 0.983. The van der Waals surface area contributed by atoms with Gasteiger partial charge in [0.1, 0.15) is 0 Å². The van der Waals surface area contributed by atoms with Gasteiger partial charge in [-0.25, -0.2) is 0 Å². The van der Waals surface area contributed by atoms with Crippen molar-refractivity contribution >= 4 is 11.6 Å². The van der Waals surface area contributed by atoms with Crippen LogP contribution in [-0.4, -0.2) is 28.6 Å². The molecule has 2 N–H and O–H groups in total. The number of hydrogen-bond donors (Lipinski definition) is 2. The summed E-state index contributed by atoms with van der Waals surface area (Å²) in [6.07, 6.45) is 2.35. The van der Waals surface area contributed by atoms with Crippen LogP contribution in [0.3, 0.4) is 0 Å². The first-order valence-electron chi connectivity index (χ1n) is 6.70. The fourth-order valence-corrected chi connectivity index (χ4v) is 2.59. The summed E-state index contributed by atoms with van der Waals surface area (Å²) in [6.45, 7) is 2.11. The summed E-state index contributed by atoms with van der Waals surface area (Å²) in [7, 11) is 0. The SMILES string of the molecule is Cc1cc([N+](=O)[O-])ccc1C(=O)NCC1CCCC1O. The second kappa shape index (κ2) is 6.00. The highest BCUT2D eigenvalue weighted by molar-refractivity contribution is 5.95. The Morgan fingerprint density at radius 2 is 2.25 bits per heavy atom. The van der Waals surface area contributed by atoms with Crippen molar-refractivity contribution in [3.05, 3.63) is 39.4 Å². The van der Waals surface area contributed by atoms with E-state index in [1.807, 2.05) is 0 Å². The van der Waals surface area contributed by atoms with Crippen LogP contribution in [0.15, 0.2) is 18.2 Å². The van der Waals surface area contributed by atoms with Crippen molar-refractivity contribution in [2.75, 3.05) is 6.54 Å². The Balaban J connectivity index is 2.00. The van der Waals surface area contributed by atoms with Crippen molar-refractivity contribution in [2.24, 2.45) is 5.92 Å². The number of aliphatic hydroxyl groups excluding tert-OH is 1. The Hall–Kier alpha value is -1.95. The van der Waals surface area contributed by atoms with E-state index >= 15 is 0 Å². The van der Waals surface area contributed by atoms with Gasteiger partial charge in [-0.2, -0.15) is 0 Å². The molecule has 1 aromatic carbocycles. The van der Waals surface area contributed by atoms with Crippen molar-refractivity contribution in [2.45, 2.75) is 32.3 Å². The molecule has 1 aliphatic rings. The average Bonchev–Trinajstić information content (AvgIpc) is 2.81. The van der Waals surface area contributed by atoms with Crippen molar-refractivity contribution in [1.29, 1.82) is 0 Å². The van der Waals surface area contributed by atoms with E-state index in [1.165, 1.54) is 18.2 Å². The number of carbonyl (C=O) groups excluding carboxylic acids is 1. The van der Waals surface area contributed by atoms with Gasteiger partial charge in [-0.05, 0) is 31.4 Å². The molecule has 0 aromatic heterocycles. The molecule has 0 bridgehead atoms. The van der Waals surface area contributed by atoms with Crippen LogP contribution < -0.4 is 5.32 Å². The highest BCUT2D eigenvalue weighted by atomic mass is 16.6. The number of nitro benzene ring substituents is 1. The van der Waals surface area contributed by atoms with E-state index in [-0.39, 0.29) is 23.6 Å². The number of hydrogen-bond acceptors (Lipinski definition) is 4. The number of benzene rings is 1. The van der Waals surface area contributed by atoms with Crippen molar-refractivity contribution in [1.82, 2.24) is 5.32 Å². The first-order chi connectivity index (χ1) is 9.49. The summed E-state index contributed by atoms with van der Waals surface area (Å²) in [4.78, 5) is 22.2. The van der Waals surface area contributed by atoms with Crippen LogP contribution in [0.5, 0.6) is 0 Å². The second-order valence-corrected chi connectivity index (χ2v) is 5.22. The van der Waals surface area contributed by atoms with Crippen molar-refractivity contribution < 1.29 is 14.8 Å². The quantitative estimate of drug-likeness (QED) is 0.648. The first kappa shape index (κ1) is 14.5. The van der Waals surface area contributed by atoms with E-state index in [4.69, 9.17) is 0 Å². The minimum Gasteiger partial charge on any atom is -0.393 e. The summed E-state index contributed by atoms with van der Waals surface area (Å²) in [5.74, 6) is -0.145. The van der Waals surface area contributed by atoms with Crippen molar-refractivity contribution in [3.63, 3.8) is 0 Å². The predicted octanol–water partition coefficient (Wildman–Crippen LogP) is 1.79. The van der Waals surface area contributed by atoms with E-state index in [9.17, 15) is 20.0 Å². The molecule has 6 heteroatoms. The normalized spacial score (nSPS) is 21.7. The summed E-state index contributed by atoms with van der Waals surface area (Å²) in [6, 6.07) is 4.18. The molecule has 2 rings (SSSR count). The molecule has 1 fully saturated rings. The Kier molecular flexibility index (Phi) is 4.34. The first-order valence-corrected chi connectivity index (χ1v) is 6.70. The molecule has 20 heavy (non-hydrogen) atoms. The lowest BCUT2D eigenvalue weighted by atomic mass is 10.0. The van der Waals surface area contributed by atoms with Gasteiger partial charge < -0.3 is 10.4 Å². The Morgan fingerprint density at radius 1 is 1.50 bits per heavy atom. The van der Waals surface area contributed by atoms with Gasteiger partial charge in [0.2, 0.25) is 0 Å². The molecule has 0 spiro atoms. The van der Waals surface area contributed by atoms with Crippen LogP contribution in [0.2, 0.25) is 0 Å². The molecular formula is C14H18N2O4. The molecule has 0 radical (unpaired) electrons. The molecule has 1 aliphatic carbocycles. The molecule has 6 nitrogen and oxygen atoms in total. The van der Waals surface area contributed by atoms with Crippen LogP contribution in [0, 0.1) is 23.0 Å². The molecule has 1 aromatic rings. The van der Waals surface area contributed by atoms with E-state index in [0.717, 1.165) is 19.3 Å². The zero-order valence-electron chi connectivity index (χ0n) is 11.3. The Morgan fingerprint density at radius 3 is 2.80 bits per heavy atom. The van der Waals surface area contributed by atoms with Gasteiger partial charge in [0.25, 0.3) is 11.6 Å². The molecule has 0 saturated heterocycles. The fourth-order valence-electron chi connectivity index (χ4n) is 2.59. The fraction of sp³-hybridized carbons (Fsp3) is 0.500. The van der Waals surface area contributed by atoms with Crippen LogP contribution in [0.1, 0.15) is 35.2 Å². The second-order valence-electron chi connectivity index (χ2n) is 5.22. The number of rotatable bonds is 4. The van der Waals surface area contributed by atoms with Gasteiger partial charge in [0.05, 0.1) is 11.0 Å². The van der Waals surface area contributed by atoms with E-state index in [1.54, 1.807) is 6.92 Å². The predicted molar refractivity (Wildman–Crippen MR) is 73.5 cm³/mol. The molecule has 2 atom stereocenters. The number of nitrogens with one attached hydrogen (secondary N) is 1. The van der Waals surface area contributed by atoms with Gasteiger partial charge >= 0.3 is 0 Å². The molecular weight excluding hydrogens is 260 g/mol. The monoisotopic (exact) mass is 278 g/mol. The average molecular weight is 278 g/mol. The van der Waals surface area contributed by atoms with Gasteiger partial charge in [-0.3, -0.25) is 14.9 Å². The number of non-ortho nitro benzene ring substituents is 1. The number of aliphatic hydroxyl groups is 1. The topological polar surface area (TPSA) is 92.5 Å². The van der Waals surface area contributed by atoms with Gasteiger partial charge in [-0.15, -0.1) is 0 Å². The maximum Gasteiger partial charge on any atom is 0.269 e. The number of aryl methyl sites for hydroxylation is 1. The lowest BCUT2D eigenvalue weighted by molar-refractivity contribution is -0.384. The number of amides is 1. The smallest absolute Gasteiger partial charge is 0.269 e. The highest BCUT2D eigenvalue weighted by Crippen LogP contribution is 2.25. The minimum atomic E-state index is -0.483. The molecule has 1 saturated carbocycles. The lowest BCUT2D eigenvalue weighted by Crippen LogP contribution is -2.32. The van der Waals surface area contributed by atoms with Crippen molar-refractivity contribution in [3.8, 4) is 0 Å². The van der Waals surface area contributed by atoms with Gasteiger partial charge in [0.15, 0.2) is 0 Å². The maximum absolute atomic E-state index is 12.0. The number of nitro groups is 1. The highest BCUT2D eigenvalue weighted by Gasteiger charge is 2.25. The third kappa shape index (κ3) is 3.14. The van der Waals surface area contributed by atoms with E-state index in [0.29, 0.717) is 17.7 Å². The Labute approximate surface area is 117 Å². The zero-order valence-corrected chi connectivity index (χ0v) is 11.3. The molecule has 2 unspecified atom stereocenters. The number of nitrogens with zero attached hydrogens (tertiary/aromatic N) is 1.